The number of thioether (sulfide) groups is 1. The van der Waals surface area contributed by atoms with Crippen LogP contribution in [0.5, 0.6) is 5.75 Å². The predicted molar refractivity (Wildman–Crippen MR) is 83.3 cm³/mol. The van der Waals surface area contributed by atoms with E-state index >= 15 is 0 Å². The van der Waals surface area contributed by atoms with Crippen molar-refractivity contribution in [2.45, 2.75) is 0 Å². The zero-order chi connectivity index (χ0) is 15.4. The van der Waals surface area contributed by atoms with E-state index in [0.717, 1.165) is 11.8 Å². The van der Waals surface area contributed by atoms with E-state index in [1.54, 1.807) is 18.2 Å². The lowest BCUT2D eigenvalue weighted by Gasteiger charge is -2.13. The average molecular weight is 315 g/mol. The maximum absolute atomic E-state index is 12.2. The number of furan rings is 1. The Morgan fingerprint density at radius 2 is 1.95 bits per heavy atom. The van der Waals surface area contributed by atoms with E-state index in [1.165, 1.54) is 11.2 Å². The molecule has 0 N–H and O–H groups in total. The molecule has 1 fully saturated rings. The van der Waals surface area contributed by atoms with Crippen LogP contribution in [-0.2, 0) is 4.79 Å². The highest BCUT2D eigenvalue weighted by Gasteiger charge is 2.34. The second kappa shape index (κ2) is 6.53. The molecule has 2 aromatic rings. The summed E-state index contributed by atoms with van der Waals surface area (Å²) in [5.74, 6) is 0.940. The van der Waals surface area contributed by atoms with Crippen LogP contribution >= 0.6 is 11.8 Å². The number of imide groups is 1. The van der Waals surface area contributed by atoms with Crippen LogP contribution in [-0.4, -0.2) is 29.2 Å². The normalized spacial score (nSPS) is 16.5. The first kappa shape index (κ1) is 14.5. The summed E-state index contributed by atoms with van der Waals surface area (Å²) in [5.41, 5.74) is 0. The van der Waals surface area contributed by atoms with E-state index in [4.69, 9.17) is 9.15 Å². The molecule has 2 heterocycles. The highest BCUT2D eigenvalue weighted by atomic mass is 32.2. The van der Waals surface area contributed by atoms with E-state index in [2.05, 4.69) is 0 Å². The number of amides is 2. The fourth-order valence-corrected chi connectivity index (χ4v) is 2.81. The molecule has 6 heteroatoms. The Balaban J connectivity index is 1.60. The minimum absolute atomic E-state index is 0.217. The van der Waals surface area contributed by atoms with Crippen LogP contribution in [0.25, 0.3) is 6.08 Å². The number of benzene rings is 1. The Hall–Kier alpha value is -2.47. The zero-order valence-corrected chi connectivity index (χ0v) is 12.4. The van der Waals surface area contributed by atoms with Gasteiger partial charge in [-0.25, -0.2) is 0 Å². The Labute approximate surface area is 131 Å². The van der Waals surface area contributed by atoms with Gasteiger partial charge in [-0.3, -0.25) is 14.5 Å². The van der Waals surface area contributed by atoms with Gasteiger partial charge in [0.2, 0.25) is 0 Å². The topological polar surface area (TPSA) is 59.8 Å². The summed E-state index contributed by atoms with van der Waals surface area (Å²) in [5, 5.41) is -0.292. The van der Waals surface area contributed by atoms with Crippen LogP contribution in [0.15, 0.2) is 58.1 Å². The highest BCUT2D eigenvalue weighted by molar-refractivity contribution is 8.18. The van der Waals surface area contributed by atoms with Gasteiger partial charge in [-0.15, -0.1) is 0 Å². The summed E-state index contributed by atoms with van der Waals surface area (Å²) in [4.78, 5) is 25.7. The molecule has 1 aromatic heterocycles. The minimum Gasteiger partial charge on any atom is -0.492 e. The zero-order valence-electron chi connectivity index (χ0n) is 11.6. The molecule has 1 aliphatic rings. The van der Waals surface area contributed by atoms with Crippen LogP contribution in [0.3, 0.4) is 0 Å². The molecule has 0 saturated carbocycles. The number of para-hydroxylation sites is 1. The molecule has 5 nitrogen and oxygen atoms in total. The Kier molecular flexibility index (Phi) is 4.29. The van der Waals surface area contributed by atoms with Crippen molar-refractivity contribution in [3.8, 4) is 5.75 Å². The summed E-state index contributed by atoms with van der Waals surface area (Å²) in [6.45, 7) is 0.477. The fourth-order valence-electron chi connectivity index (χ4n) is 1.97. The van der Waals surface area contributed by atoms with E-state index in [9.17, 15) is 9.59 Å². The molecule has 1 aromatic carbocycles. The Morgan fingerprint density at radius 3 is 2.68 bits per heavy atom. The Bertz CT molecular complexity index is 694. The molecule has 2 amide bonds. The number of carbonyl (C=O) groups excluding carboxylic acids is 2. The molecule has 1 aliphatic heterocycles. The van der Waals surface area contributed by atoms with E-state index < -0.39 is 0 Å². The molecular weight excluding hydrogens is 302 g/mol. The molecule has 0 radical (unpaired) electrons. The number of ether oxygens (including phenoxy) is 1. The third-order valence-electron chi connectivity index (χ3n) is 3.02. The van der Waals surface area contributed by atoms with Gasteiger partial charge in [0.05, 0.1) is 17.7 Å². The summed E-state index contributed by atoms with van der Waals surface area (Å²) >= 11 is 0.909. The maximum Gasteiger partial charge on any atom is 0.293 e. The second-order valence-corrected chi connectivity index (χ2v) is 5.50. The SMILES string of the molecule is O=C1S/C(=C\c2ccco2)C(=O)N1CCOc1ccccc1. The lowest BCUT2D eigenvalue weighted by atomic mass is 10.3. The van der Waals surface area contributed by atoms with Crippen molar-refractivity contribution in [3.05, 3.63) is 59.4 Å². The second-order valence-electron chi connectivity index (χ2n) is 4.51. The summed E-state index contributed by atoms with van der Waals surface area (Å²) < 4.78 is 10.7. The van der Waals surface area contributed by atoms with Gasteiger partial charge in [-0.2, -0.15) is 0 Å². The number of rotatable bonds is 5. The predicted octanol–water partition coefficient (Wildman–Crippen LogP) is 3.39. The Morgan fingerprint density at radius 1 is 1.14 bits per heavy atom. The summed E-state index contributed by atoms with van der Waals surface area (Å²) in [7, 11) is 0. The van der Waals surface area contributed by atoms with Gasteiger partial charge in [-0.1, -0.05) is 18.2 Å². The average Bonchev–Trinajstić information content (AvgIpc) is 3.12. The van der Waals surface area contributed by atoms with Gasteiger partial charge in [0.15, 0.2) is 0 Å². The monoisotopic (exact) mass is 315 g/mol. The third-order valence-corrected chi connectivity index (χ3v) is 3.92. The van der Waals surface area contributed by atoms with Crippen LogP contribution in [0.1, 0.15) is 5.76 Å². The molecule has 0 spiro atoms. The van der Waals surface area contributed by atoms with E-state index in [1.807, 2.05) is 30.3 Å². The third kappa shape index (κ3) is 3.23. The lowest BCUT2D eigenvalue weighted by Crippen LogP contribution is -2.32. The van der Waals surface area contributed by atoms with Gasteiger partial charge in [0.1, 0.15) is 18.1 Å². The number of carbonyl (C=O) groups is 2. The molecule has 22 heavy (non-hydrogen) atoms. The molecule has 0 bridgehead atoms. The first-order chi connectivity index (χ1) is 10.7. The molecular formula is C16H13NO4S. The minimum atomic E-state index is -0.317. The van der Waals surface area contributed by atoms with Gasteiger partial charge >= 0.3 is 0 Å². The van der Waals surface area contributed by atoms with E-state index in [0.29, 0.717) is 16.4 Å². The van der Waals surface area contributed by atoms with Gasteiger partial charge in [0.25, 0.3) is 11.1 Å². The highest BCUT2D eigenvalue weighted by Crippen LogP contribution is 2.32. The van der Waals surface area contributed by atoms with Gasteiger partial charge in [-0.05, 0) is 36.0 Å². The van der Waals surface area contributed by atoms with Crippen LogP contribution in [0, 0.1) is 0 Å². The van der Waals surface area contributed by atoms with Gasteiger partial charge in [0, 0.05) is 6.08 Å². The van der Waals surface area contributed by atoms with Crippen molar-refractivity contribution in [1.82, 2.24) is 4.90 Å². The molecule has 1 saturated heterocycles. The summed E-state index contributed by atoms with van der Waals surface area (Å²) in [6, 6.07) is 12.7. The number of hydrogen-bond acceptors (Lipinski definition) is 5. The number of nitrogens with zero attached hydrogens (tertiary/aromatic N) is 1. The van der Waals surface area contributed by atoms with Crippen molar-refractivity contribution >= 4 is 29.0 Å². The van der Waals surface area contributed by atoms with Crippen molar-refractivity contribution < 1.29 is 18.7 Å². The first-order valence-corrected chi connectivity index (χ1v) is 7.52. The van der Waals surface area contributed by atoms with Crippen LogP contribution in [0.4, 0.5) is 4.79 Å². The van der Waals surface area contributed by atoms with Gasteiger partial charge < -0.3 is 9.15 Å². The van der Waals surface area contributed by atoms with Crippen molar-refractivity contribution in [2.24, 2.45) is 0 Å². The first-order valence-electron chi connectivity index (χ1n) is 6.71. The van der Waals surface area contributed by atoms with Crippen LogP contribution in [0.2, 0.25) is 0 Å². The summed E-state index contributed by atoms with van der Waals surface area (Å²) in [6.07, 6.45) is 3.09. The fraction of sp³-hybridized carbons (Fsp3) is 0.125. The molecule has 3 rings (SSSR count). The molecule has 0 unspecified atom stereocenters. The number of hydrogen-bond donors (Lipinski definition) is 0. The van der Waals surface area contributed by atoms with Crippen molar-refractivity contribution in [1.29, 1.82) is 0 Å². The van der Waals surface area contributed by atoms with Crippen molar-refractivity contribution in [3.63, 3.8) is 0 Å². The quantitative estimate of drug-likeness (QED) is 0.792. The van der Waals surface area contributed by atoms with Crippen molar-refractivity contribution in [2.75, 3.05) is 13.2 Å². The largest absolute Gasteiger partial charge is 0.492 e. The molecule has 0 atom stereocenters. The van der Waals surface area contributed by atoms with E-state index in [-0.39, 0.29) is 24.3 Å². The smallest absolute Gasteiger partial charge is 0.293 e. The van der Waals surface area contributed by atoms with Crippen LogP contribution < -0.4 is 4.74 Å². The lowest BCUT2D eigenvalue weighted by molar-refractivity contribution is -0.123. The maximum atomic E-state index is 12.2. The molecule has 0 aliphatic carbocycles. The molecule has 112 valence electrons. The standard InChI is InChI=1S/C16H13NO4S/c18-15-14(11-13-7-4-9-20-13)22-16(19)17(15)8-10-21-12-5-2-1-3-6-12/h1-7,9,11H,8,10H2/b14-11-.